The van der Waals surface area contributed by atoms with Crippen LogP contribution in [0.25, 0.3) is 0 Å². The molecular weight excluding hydrogens is 346 g/mol. The van der Waals surface area contributed by atoms with Crippen molar-refractivity contribution in [2.45, 2.75) is 45.1 Å². The van der Waals surface area contributed by atoms with Gasteiger partial charge < -0.3 is 20.2 Å². The van der Waals surface area contributed by atoms with E-state index in [-0.39, 0.29) is 24.7 Å². The minimum absolute atomic E-state index is 0.0215. The van der Waals surface area contributed by atoms with Crippen LogP contribution in [0.1, 0.15) is 39.0 Å². The van der Waals surface area contributed by atoms with Gasteiger partial charge in [-0.1, -0.05) is 38.0 Å². The minimum Gasteiger partial charge on any atom is -0.480 e. The summed E-state index contributed by atoms with van der Waals surface area (Å²) >= 11 is 0. The standard InChI is InChI=1S/C20H29N3O4/c1-2-3-9-17(20(26)27)21-18(24)10-11-19(25)23-14-12-22(13-15-23)16-7-5-4-6-8-16/h4-8,17H,2-3,9-15H2,1H3,(H,21,24)(H,26,27). The average Bonchev–Trinajstić information content (AvgIpc) is 2.69. The number of para-hydroxylation sites is 1. The van der Waals surface area contributed by atoms with Crippen molar-refractivity contribution in [2.24, 2.45) is 0 Å². The van der Waals surface area contributed by atoms with E-state index in [0.717, 1.165) is 31.6 Å². The topological polar surface area (TPSA) is 90.0 Å². The number of rotatable bonds is 9. The molecule has 1 fully saturated rings. The normalized spacial score (nSPS) is 15.3. The molecule has 0 aromatic heterocycles. The fourth-order valence-electron chi connectivity index (χ4n) is 3.16. The zero-order valence-corrected chi connectivity index (χ0v) is 15.9. The largest absolute Gasteiger partial charge is 0.480 e. The van der Waals surface area contributed by atoms with Crippen molar-refractivity contribution in [1.82, 2.24) is 10.2 Å². The lowest BCUT2D eigenvalue weighted by Gasteiger charge is -2.36. The molecular formula is C20H29N3O4. The van der Waals surface area contributed by atoms with Crippen molar-refractivity contribution in [3.63, 3.8) is 0 Å². The summed E-state index contributed by atoms with van der Waals surface area (Å²) in [6, 6.07) is 9.21. The smallest absolute Gasteiger partial charge is 0.326 e. The second-order valence-corrected chi connectivity index (χ2v) is 6.80. The third kappa shape index (κ3) is 6.58. The molecule has 1 aromatic carbocycles. The molecule has 1 aliphatic rings. The first-order chi connectivity index (χ1) is 13.0. The number of hydrogen-bond donors (Lipinski definition) is 2. The SMILES string of the molecule is CCCCC(NC(=O)CCC(=O)N1CCN(c2ccccc2)CC1)C(=O)O. The monoisotopic (exact) mass is 375 g/mol. The number of carbonyl (C=O) groups is 3. The van der Waals surface area contributed by atoms with Gasteiger partial charge in [-0.15, -0.1) is 0 Å². The molecule has 1 unspecified atom stereocenters. The highest BCUT2D eigenvalue weighted by Gasteiger charge is 2.23. The fourth-order valence-corrected chi connectivity index (χ4v) is 3.16. The van der Waals surface area contributed by atoms with E-state index in [2.05, 4.69) is 22.3 Å². The maximum atomic E-state index is 12.3. The quantitative estimate of drug-likeness (QED) is 0.688. The summed E-state index contributed by atoms with van der Waals surface area (Å²) in [6.45, 7) is 4.75. The van der Waals surface area contributed by atoms with Crippen molar-refractivity contribution in [3.05, 3.63) is 30.3 Å². The molecule has 0 spiro atoms. The molecule has 0 bridgehead atoms. The predicted octanol–water partition coefficient (Wildman–Crippen LogP) is 1.87. The zero-order chi connectivity index (χ0) is 19.6. The molecule has 1 atom stereocenters. The molecule has 0 saturated carbocycles. The van der Waals surface area contributed by atoms with Crippen LogP contribution >= 0.6 is 0 Å². The van der Waals surface area contributed by atoms with Crippen LogP contribution in [0, 0.1) is 0 Å². The van der Waals surface area contributed by atoms with Crippen LogP contribution in [-0.4, -0.2) is 60.0 Å². The highest BCUT2D eigenvalue weighted by atomic mass is 16.4. The minimum atomic E-state index is -1.03. The van der Waals surface area contributed by atoms with Gasteiger partial charge in [-0.25, -0.2) is 4.79 Å². The van der Waals surface area contributed by atoms with Crippen LogP contribution in [0.15, 0.2) is 30.3 Å². The maximum Gasteiger partial charge on any atom is 0.326 e. The summed E-state index contributed by atoms with van der Waals surface area (Å²) in [6.07, 6.45) is 2.15. The van der Waals surface area contributed by atoms with E-state index in [0.29, 0.717) is 19.5 Å². The summed E-state index contributed by atoms with van der Waals surface area (Å²) in [7, 11) is 0. The molecule has 1 aromatic rings. The van der Waals surface area contributed by atoms with Crippen molar-refractivity contribution in [1.29, 1.82) is 0 Å². The Labute approximate surface area is 160 Å². The summed E-state index contributed by atoms with van der Waals surface area (Å²) < 4.78 is 0. The van der Waals surface area contributed by atoms with Crippen LogP contribution in [-0.2, 0) is 14.4 Å². The van der Waals surface area contributed by atoms with E-state index in [4.69, 9.17) is 5.11 Å². The van der Waals surface area contributed by atoms with Gasteiger partial charge in [0.25, 0.3) is 0 Å². The van der Waals surface area contributed by atoms with Crippen molar-refractivity contribution < 1.29 is 19.5 Å². The molecule has 1 saturated heterocycles. The second-order valence-electron chi connectivity index (χ2n) is 6.80. The van der Waals surface area contributed by atoms with Gasteiger partial charge in [-0.05, 0) is 18.6 Å². The van der Waals surface area contributed by atoms with Gasteiger partial charge in [-0.3, -0.25) is 9.59 Å². The highest BCUT2D eigenvalue weighted by molar-refractivity contribution is 5.87. The van der Waals surface area contributed by atoms with Gasteiger partial charge in [-0.2, -0.15) is 0 Å². The fraction of sp³-hybridized carbons (Fsp3) is 0.550. The number of hydrogen-bond acceptors (Lipinski definition) is 4. The molecule has 148 valence electrons. The molecule has 7 nitrogen and oxygen atoms in total. The summed E-state index contributed by atoms with van der Waals surface area (Å²) in [5, 5.41) is 11.7. The number of carboxylic acids is 1. The number of amides is 2. The Balaban J connectivity index is 1.72. The lowest BCUT2D eigenvalue weighted by atomic mass is 10.1. The van der Waals surface area contributed by atoms with Crippen LogP contribution in [0.5, 0.6) is 0 Å². The van der Waals surface area contributed by atoms with Crippen LogP contribution in [0.2, 0.25) is 0 Å². The number of benzene rings is 1. The Morgan fingerprint density at radius 3 is 2.33 bits per heavy atom. The van der Waals surface area contributed by atoms with E-state index in [1.807, 2.05) is 25.1 Å². The zero-order valence-electron chi connectivity index (χ0n) is 15.9. The Bertz CT molecular complexity index is 627. The Morgan fingerprint density at radius 1 is 1.07 bits per heavy atom. The first kappa shape index (κ1) is 20.7. The number of carboxylic acid groups (broad SMARTS) is 1. The van der Waals surface area contributed by atoms with Gasteiger partial charge in [0.15, 0.2) is 0 Å². The van der Waals surface area contributed by atoms with Gasteiger partial charge in [0, 0.05) is 44.7 Å². The maximum absolute atomic E-state index is 12.3. The van der Waals surface area contributed by atoms with Gasteiger partial charge in [0.05, 0.1) is 0 Å². The third-order valence-corrected chi connectivity index (χ3v) is 4.80. The number of nitrogens with one attached hydrogen (secondary N) is 1. The van der Waals surface area contributed by atoms with E-state index >= 15 is 0 Å². The van der Waals surface area contributed by atoms with Crippen LogP contribution < -0.4 is 10.2 Å². The average molecular weight is 375 g/mol. The summed E-state index contributed by atoms with van der Waals surface area (Å²) in [4.78, 5) is 39.5. The van der Waals surface area contributed by atoms with Gasteiger partial charge in [0.1, 0.15) is 6.04 Å². The molecule has 27 heavy (non-hydrogen) atoms. The number of anilines is 1. The van der Waals surface area contributed by atoms with E-state index in [1.54, 1.807) is 4.90 Å². The Hall–Kier alpha value is -2.57. The van der Waals surface area contributed by atoms with Gasteiger partial charge in [0.2, 0.25) is 11.8 Å². The van der Waals surface area contributed by atoms with Crippen molar-refractivity contribution >= 4 is 23.5 Å². The number of carbonyl (C=O) groups excluding carboxylic acids is 2. The number of piperazine rings is 1. The lowest BCUT2D eigenvalue weighted by Crippen LogP contribution is -2.49. The van der Waals surface area contributed by atoms with Crippen LogP contribution in [0.3, 0.4) is 0 Å². The van der Waals surface area contributed by atoms with E-state index in [9.17, 15) is 14.4 Å². The first-order valence-electron chi connectivity index (χ1n) is 9.61. The summed E-state index contributed by atoms with van der Waals surface area (Å²) in [5.74, 6) is -1.46. The first-order valence-corrected chi connectivity index (χ1v) is 9.61. The highest BCUT2D eigenvalue weighted by Crippen LogP contribution is 2.16. The number of aliphatic carboxylic acids is 1. The van der Waals surface area contributed by atoms with Crippen molar-refractivity contribution in [2.75, 3.05) is 31.1 Å². The second kappa shape index (κ2) is 10.5. The molecule has 2 amide bonds. The van der Waals surface area contributed by atoms with Crippen LogP contribution in [0.4, 0.5) is 5.69 Å². The summed E-state index contributed by atoms with van der Waals surface area (Å²) in [5.41, 5.74) is 1.15. The van der Waals surface area contributed by atoms with E-state index in [1.165, 1.54) is 0 Å². The molecule has 0 radical (unpaired) electrons. The molecule has 0 aliphatic carbocycles. The van der Waals surface area contributed by atoms with Crippen molar-refractivity contribution in [3.8, 4) is 0 Å². The van der Waals surface area contributed by atoms with E-state index < -0.39 is 12.0 Å². The van der Waals surface area contributed by atoms with Gasteiger partial charge >= 0.3 is 5.97 Å². The predicted molar refractivity (Wildman–Crippen MR) is 104 cm³/mol. The molecule has 2 N–H and O–H groups in total. The lowest BCUT2D eigenvalue weighted by molar-refractivity contribution is -0.142. The Kier molecular flexibility index (Phi) is 8.10. The molecule has 1 heterocycles. The molecule has 7 heteroatoms. The molecule has 1 aliphatic heterocycles. The third-order valence-electron chi connectivity index (χ3n) is 4.80. The Morgan fingerprint density at radius 2 is 1.74 bits per heavy atom. The number of unbranched alkanes of at least 4 members (excludes halogenated alkanes) is 1. The number of nitrogens with zero attached hydrogens (tertiary/aromatic N) is 2. The molecule has 2 rings (SSSR count).